The van der Waals surface area contributed by atoms with Gasteiger partial charge in [-0.15, -0.1) is 0 Å². The van der Waals surface area contributed by atoms with E-state index in [2.05, 4.69) is 10.6 Å². The average Bonchev–Trinajstić information content (AvgIpc) is 2.60. The molecule has 0 spiro atoms. The van der Waals surface area contributed by atoms with Crippen LogP contribution in [0.15, 0.2) is 52.3 Å². The van der Waals surface area contributed by atoms with E-state index in [0.29, 0.717) is 11.3 Å². The molecule has 0 aliphatic heterocycles. The van der Waals surface area contributed by atoms with Gasteiger partial charge in [0.1, 0.15) is 0 Å². The fourth-order valence-electron chi connectivity index (χ4n) is 2.45. The Morgan fingerprint density at radius 1 is 1.00 bits per heavy atom. The second kappa shape index (κ2) is 8.29. The maximum atomic E-state index is 12.4. The molecule has 0 heterocycles. The van der Waals surface area contributed by atoms with E-state index in [1.165, 1.54) is 32.3 Å². The number of hydrogen-bond donors (Lipinski definition) is 2. The van der Waals surface area contributed by atoms with Gasteiger partial charge in [0.05, 0.1) is 22.0 Å². The number of amides is 1. The van der Waals surface area contributed by atoms with Gasteiger partial charge in [0.25, 0.3) is 0 Å². The van der Waals surface area contributed by atoms with Gasteiger partial charge in [-0.05, 0) is 36.8 Å². The van der Waals surface area contributed by atoms with E-state index in [0.717, 1.165) is 10.6 Å². The Balaban J connectivity index is 2.15. The van der Waals surface area contributed by atoms with Crippen molar-refractivity contribution in [1.29, 1.82) is 0 Å². The third kappa shape index (κ3) is 5.09. The quantitative estimate of drug-likeness (QED) is 0.698. The molecule has 2 rings (SSSR count). The molecular formula is C18H23N3O5S2. The van der Waals surface area contributed by atoms with Gasteiger partial charge in [-0.1, -0.05) is 18.2 Å². The van der Waals surface area contributed by atoms with Crippen LogP contribution in [0, 0.1) is 6.92 Å². The number of nitrogens with zero attached hydrogens (tertiary/aromatic N) is 1. The monoisotopic (exact) mass is 425 g/mol. The molecule has 2 aromatic rings. The first-order valence-electron chi connectivity index (χ1n) is 8.29. The SMILES string of the molecule is Cc1ccc(NCC(=O)Nc2ccccc2S(C)(=O)=O)cc1S(=O)(=O)N(C)C. The highest BCUT2D eigenvalue weighted by molar-refractivity contribution is 7.91. The highest BCUT2D eigenvalue weighted by Gasteiger charge is 2.20. The molecule has 2 N–H and O–H groups in total. The normalized spacial score (nSPS) is 12.0. The van der Waals surface area contributed by atoms with Crippen LogP contribution in [0.4, 0.5) is 11.4 Å². The minimum absolute atomic E-state index is 0.0260. The molecule has 0 saturated carbocycles. The van der Waals surface area contributed by atoms with Gasteiger partial charge in [-0.2, -0.15) is 0 Å². The second-order valence-corrected chi connectivity index (χ2v) is 10.5. The molecule has 0 aliphatic rings. The third-order valence-corrected chi connectivity index (χ3v) is 7.07. The molecule has 0 radical (unpaired) electrons. The van der Waals surface area contributed by atoms with Gasteiger partial charge < -0.3 is 10.6 Å². The lowest BCUT2D eigenvalue weighted by atomic mass is 10.2. The first-order chi connectivity index (χ1) is 12.9. The van der Waals surface area contributed by atoms with Crippen LogP contribution in [0.3, 0.4) is 0 Å². The lowest BCUT2D eigenvalue weighted by Crippen LogP contribution is -2.24. The number of anilines is 2. The minimum atomic E-state index is -3.61. The minimum Gasteiger partial charge on any atom is -0.376 e. The number of carbonyl (C=O) groups excluding carboxylic acids is 1. The summed E-state index contributed by atoms with van der Waals surface area (Å²) >= 11 is 0. The molecule has 0 saturated heterocycles. The van der Waals surface area contributed by atoms with Crippen molar-refractivity contribution in [2.24, 2.45) is 0 Å². The Morgan fingerprint density at radius 2 is 1.64 bits per heavy atom. The van der Waals surface area contributed by atoms with E-state index >= 15 is 0 Å². The summed E-state index contributed by atoms with van der Waals surface area (Å²) in [6.07, 6.45) is 1.06. The third-order valence-electron chi connectivity index (χ3n) is 3.96. The van der Waals surface area contributed by atoms with E-state index in [1.807, 2.05) is 0 Å². The Kier molecular flexibility index (Phi) is 6.48. The van der Waals surface area contributed by atoms with Crippen molar-refractivity contribution >= 4 is 37.1 Å². The van der Waals surface area contributed by atoms with Gasteiger partial charge >= 0.3 is 0 Å². The number of nitrogens with one attached hydrogen (secondary N) is 2. The first-order valence-corrected chi connectivity index (χ1v) is 11.6. The maximum absolute atomic E-state index is 12.4. The molecule has 8 nitrogen and oxygen atoms in total. The summed E-state index contributed by atoms with van der Waals surface area (Å²) in [4.78, 5) is 12.4. The molecule has 0 unspecified atom stereocenters. The fraction of sp³-hybridized carbons (Fsp3) is 0.278. The molecule has 10 heteroatoms. The summed E-state index contributed by atoms with van der Waals surface area (Å²) in [6, 6.07) is 10.9. The zero-order valence-corrected chi connectivity index (χ0v) is 17.7. The van der Waals surface area contributed by atoms with Crippen LogP contribution in [0.25, 0.3) is 0 Å². The zero-order chi connectivity index (χ0) is 21.1. The van der Waals surface area contributed by atoms with Gasteiger partial charge in [0.2, 0.25) is 15.9 Å². The molecule has 28 heavy (non-hydrogen) atoms. The van der Waals surface area contributed by atoms with Gasteiger partial charge in [0, 0.05) is 26.0 Å². The molecule has 152 valence electrons. The summed E-state index contributed by atoms with van der Waals surface area (Å²) in [7, 11) is -4.21. The molecule has 0 aliphatic carbocycles. The topological polar surface area (TPSA) is 113 Å². The number of hydrogen-bond acceptors (Lipinski definition) is 6. The largest absolute Gasteiger partial charge is 0.376 e. The number of sulfonamides is 1. The van der Waals surface area contributed by atoms with Crippen molar-refractivity contribution in [3.8, 4) is 0 Å². The Labute approximate surface area is 165 Å². The summed E-state index contributed by atoms with van der Waals surface area (Å²) in [6.45, 7) is 1.53. The van der Waals surface area contributed by atoms with Gasteiger partial charge in [0.15, 0.2) is 9.84 Å². The molecule has 1 amide bonds. The Bertz CT molecular complexity index is 1090. The standard InChI is InChI=1S/C18H23N3O5S2/c1-13-9-10-14(11-17(13)28(25,26)21(2)3)19-12-18(22)20-15-7-5-6-8-16(15)27(4,23)24/h5-11,19H,12H2,1-4H3,(H,20,22). The molecule has 0 aromatic heterocycles. The summed E-state index contributed by atoms with van der Waals surface area (Å²) in [5.74, 6) is -0.464. The predicted octanol–water partition coefficient (Wildman–Crippen LogP) is 1.70. The zero-order valence-electron chi connectivity index (χ0n) is 16.1. The van der Waals surface area contributed by atoms with Crippen LogP contribution < -0.4 is 10.6 Å². The molecular weight excluding hydrogens is 402 g/mol. The average molecular weight is 426 g/mol. The Morgan fingerprint density at radius 3 is 2.25 bits per heavy atom. The fourth-order valence-corrected chi connectivity index (χ4v) is 4.44. The molecule has 0 bridgehead atoms. The first kappa shape index (κ1) is 21.9. The van der Waals surface area contributed by atoms with E-state index in [9.17, 15) is 21.6 Å². The van der Waals surface area contributed by atoms with Crippen LogP contribution in [-0.2, 0) is 24.7 Å². The van der Waals surface area contributed by atoms with Crippen molar-refractivity contribution in [3.63, 3.8) is 0 Å². The smallest absolute Gasteiger partial charge is 0.243 e. The van der Waals surface area contributed by atoms with Crippen LogP contribution in [0.5, 0.6) is 0 Å². The number of sulfone groups is 1. The summed E-state index contributed by atoms with van der Waals surface area (Å²) in [5.41, 5.74) is 1.24. The van der Waals surface area contributed by atoms with Crippen molar-refractivity contribution in [3.05, 3.63) is 48.0 Å². The number of rotatable bonds is 7. The van der Waals surface area contributed by atoms with Crippen molar-refractivity contribution in [2.75, 3.05) is 37.5 Å². The van der Waals surface area contributed by atoms with Gasteiger partial charge in [-0.3, -0.25) is 4.79 Å². The summed E-state index contributed by atoms with van der Waals surface area (Å²) in [5, 5.41) is 5.41. The number of benzene rings is 2. The van der Waals surface area contributed by atoms with E-state index in [1.54, 1.807) is 31.2 Å². The highest BCUT2D eigenvalue weighted by atomic mass is 32.2. The predicted molar refractivity (Wildman–Crippen MR) is 109 cm³/mol. The second-order valence-electron chi connectivity index (χ2n) is 6.44. The van der Waals surface area contributed by atoms with Crippen LogP contribution >= 0.6 is 0 Å². The lowest BCUT2D eigenvalue weighted by Gasteiger charge is -2.15. The highest BCUT2D eigenvalue weighted by Crippen LogP contribution is 2.23. The number of aryl methyl sites for hydroxylation is 1. The van der Waals surface area contributed by atoms with Crippen LogP contribution in [-0.4, -0.2) is 53.9 Å². The molecule has 0 fully saturated rings. The number of para-hydroxylation sites is 1. The lowest BCUT2D eigenvalue weighted by molar-refractivity contribution is -0.114. The maximum Gasteiger partial charge on any atom is 0.243 e. The molecule has 0 atom stereocenters. The van der Waals surface area contributed by atoms with E-state index < -0.39 is 25.8 Å². The van der Waals surface area contributed by atoms with Crippen LogP contribution in [0.2, 0.25) is 0 Å². The van der Waals surface area contributed by atoms with E-state index in [-0.39, 0.29) is 22.0 Å². The number of carbonyl (C=O) groups is 1. The van der Waals surface area contributed by atoms with Gasteiger partial charge in [-0.25, -0.2) is 21.1 Å². The van der Waals surface area contributed by atoms with Crippen molar-refractivity contribution < 1.29 is 21.6 Å². The Hall–Kier alpha value is -2.43. The summed E-state index contributed by atoms with van der Waals surface area (Å²) < 4.78 is 49.5. The van der Waals surface area contributed by atoms with Crippen molar-refractivity contribution in [2.45, 2.75) is 16.7 Å². The van der Waals surface area contributed by atoms with E-state index in [4.69, 9.17) is 0 Å². The van der Waals surface area contributed by atoms with Crippen LogP contribution in [0.1, 0.15) is 5.56 Å². The molecule has 2 aromatic carbocycles. The van der Waals surface area contributed by atoms with Crippen molar-refractivity contribution in [1.82, 2.24) is 4.31 Å².